The summed E-state index contributed by atoms with van der Waals surface area (Å²) in [7, 11) is 0. The van der Waals surface area contributed by atoms with Crippen LogP contribution in [0.1, 0.15) is 0 Å². The van der Waals surface area contributed by atoms with Crippen LogP contribution >= 0.6 is 13.1 Å². The van der Waals surface area contributed by atoms with Crippen LogP contribution in [0.2, 0.25) is 0 Å². The maximum Gasteiger partial charge on any atom is 0.242 e. The fraction of sp³-hybridized carbons (Fsp3) is 0. The zero-order chi connectivity index (χ0) is 12.4. The lowest BCUT2D eigenvalue weighted by atomic mass is 10.3. The standard InChI is InChI=1S/C6H12N4O2P2S2/c7-13(8,15)11-5-3-1-2-4-6(5)12-14(9,10)16/h1-4H,(H4,7,8,15)(H4,9,10,16). The Kier molecular flexibility index (Phi) is 4.45. The highest BCUT2D eigenvalue weighted by molar-refractivity contribution is 8.10. The lowest BCUT2D eigenvalue weighted by Crippen LogP contribution is -2.13. The average molecular weight is 298 g/mol. The summed E-state index contributed by atoms with van der Waals surface area (Å²) in [6, 6.07) is 6.62. The molecule has 0 aliphatic rings. The van der Waals surface area contributed by atoms with Crippen molar-refractivity contribution in [2.24, 2.45) is 22.0 Å². The van der Waals surface area contributed by atoms with Crippen LogP contribution < -0.4 is 31.1 Å². The summed E-state index contributed by atoms with van der Waals surface area (Å²) in [5.41, 5.74) is 21.8. The van der Waals surface area contributed by atoms with Crippen molar-refractivity contribution in [2.45, 2.75) is 0 Å². The van der Waals surface area contributed by atoms with E-state index in [9.17, 15) is 0 Å². The first-order chi connectivity index (χ1) is 7.17. The SMILES string of the molecule is NP(N)(=S)Oc1ccccc1OP(N)(N)=S. The Labute approximate surface area is 104 Å². The lowest BCUT2D eigenvalue weighted by molar-refractivity contribution is 0.539. The number of para-hydroxylation sites is 2. The molecule has 0 aliphatic heterocycles. The van der Waals surface area contributed by atoms with E-state index in [1.54, 1.807) is 24.3 Å². The van der Waals surface area contributed by atoms with Gasteiger partial charge in [-0.3, -0.25) is 22.0 Å². The fourth-order valence-corrected chi connectivity index (χ4v) is 2.31. The summed E-state index contributed by atoms with van der Waals surface area (Å²) in [6.45, 7) is -5.66. The van der Waals surface area contributed by atoms with E-state index >= 15 is 0 Å². The van der Waals surface area contributed by atoms with Gasteiger partial charge in [0, 0.05) is 0 Å². The number of benzene rings is 1. The van der Waals surface area contributed by atoms with E-state index in [4.69, 9.17) is 54.7 Å². The number of hydrogen-bond acceptors (Lipinski definition) is 4. The second-order valence-electron chi connectivity index (χ2n) is 2.92. The van der Waals surface area contributed by atoms with Crippen molar-refractivity contribution in [3.8, 4) is 11.5 Å². The minimum Gasteiger partial charge on any atom is -0.438 e. The first-order valence-electron chi connectivity index (χ1n) is 4.00. The van der Waals surface area contributed by atoms with E-state index in [0.29, 0.717) is 11.5 Å². The molecule has 90 valence electrons. The molecular weight excluding hydrogens is 286 g/mol. The third kappa shape index (κ3) is 5.34. The Bertz CT molecular complexity index is 428. The normalized spacial score (nSPS) is 12.2. The van der Waals surface area contributed by atoms with Gasteiger partial charge in [0.1, 0.15) is 0 Å². The van der Waals surface area contributed by atoms with E-state index < -0.39 is 13.1 Å². The summed E-state index contributed by atoms with van der Waals surface area (Å²) in [5.74, 6) is 0.585. The fourth-order valence-electron chi connectivity index (χ4n) is 0.908. The molecule has 10 heteroatoms. The van der Waals surface area contributed by atoms with E-state index in [0.717, 1.165) is 0 Å². The van der Waals surface area contributed by atoms with E-state index in [1.807, 2.05) is 0 Å². The predicted molar refractivity (Wildman–Crippen MR) is 73.0 cm³/mol. The molecule has 1 aromatic carbocycles. The van der Waals surface area contributed by atoms with Gasteiger partial charge < -0.3 is 9.05 Å². The summed E-state index contributed by atoms with van der Waals surface area (Å²) in [4.78, 5) is 0. The van der Waals surface area contributed by atoms with Crippen LogP contribution in [0.4, 0.5) is 0 Å². The molecular formula is C6H12N4O2P2S2. The first kappa shape index (κ1) is 14.0. The Balaban J connectivity index is 3.01. The molecule has 1 aromatic rings. The van der Waals surface area contributed by atoms with Gasteiger partial charge in [-0.1, -0.05) is 12.1 Å². The predicted octanol–water partition coefficient (Wildman–Crippen LogP) is 0.728. The van der Waals surface area contributed by atoms with Crippen molar-refractivity contribution in [1.29, 1.82) is 0 Å². The smallest absolute Gasteiger partial charge is 0.242 e. The molecule has 0 unspecified atom stereocenters. The Morgan fingerprint density at radius 2 is 1.12 bits per heavy atom. The average Bonchev–Trinajstić information content (AvgIpc) is 2.03. The van der Waals surface area contributed by atoms with Crippen LogP contribution in [0.15, 0.2) is 24.3 Å². The number of hydrogen-bond donors (Lipinski definition) is 4. The molecule has 0 bridgehead atoms. The monoisotopic (exact) mass is 298 g/mol. The molecule has 1 rings (SSSR count). The van der Waals surface area contributed by atoms with Crippen LogP contribution in [-0.4, -0.2) is 0 Å². The van der Waals surface area contributed by atoms with Gasteiger partial charge in [-0.2, -0.15) is 0 Å². The van der Waals surface area contributed by atoms with Gasteiger partial charge in [-0.25, -0.2) is 0 Å². The van der Waals surface area contributed by atoms with Gasteiger partial charge >= 0.3 is 0 Å². The largest absolute Gasteiger partial charge is 0.438 e. The summed E-state index contributed by atoms with van der Waals surface area (Å²) in [6.07, 6.45) is 0. The molecule has 8 N–H and O–H groups in total. The quantitative estimate of drug-likeness (QED) is 0.600. The molecule has 6 nitrogen and oxygen atoms in total. The van der Waals surface area contributed by atoms with Gasteiger partial charge in [0.25, 0.3) is 0 Å². The van der Waals surface area contributed by atoms with Crippen molar-refractivity contribution in [3.63, 3.8) is 0 Å². The van der Waals surface area contributed by atoms with Gasteiger partial charge in [0.2, 0.25) is 13.1 Å². The molecule has 0 spiro atoms. The Morgan fingerprint density at radius 1 is 0.812 bits per heavy atom. The third-order valence-electron chi connectivity index (χ3n) is 1.33. The highest BCUT2D eigenvalue weighted by atomic mass is 32.5. The second-order valence-corrected chi connectivity index (χ2v) is 9.29. The minimum absolute atomic E-state index is 0.293. The topological polar surface area (TPSA) is 123 Å². The molecule has 0 atom stereocenters. The summed E-state index contributed by atoms with van der Waals surface area (Å²) < 4.78 is 10.4. The molecule has 0 saturated carbocycles. The van der Waals surface area contributed by atoms with E-state index in [1.165, 1.54) is 0 Å². The summed E-state index contributed by atoms with van der Waals surface area (Å²) >= 11 is 9.55. The van der Waals surface area contributed by atoms with Crippen molar-refractivity contribution in [2.75, 3.05) is 0 Å². The molecule has 0 aliphatic carbocycles. The highest BCUT2D eigenvalue weighted by Crippen LogP contribution is 2.41. The van der Waals surface area contributed by atoms with Gasteiger partial charge in [0.15, 0.2) is 11.5 Å². The number of rotatable bonds is 4. The molecule has 0 aromatic heterocycles. The maximum absolute atomic E-state index is 5.45. The van der Waals surface area contributed by atoms with Crippen molar-refractivity contribution in [1.82, 2.24) is 0 Å². The minimum atomic E-state index is -2.83. The van der Waals surface area contributed by atoms with Crippen LogP contribution in [0.3, 0.4) is 0 Å². The highest BCUT2D eigenvalue weighted by Gasteiger charge is 2.14. The van der Waals surface area contributed by atoms with Gasteiger partial charge in [-0.05, 0) is 35.7 Å². The second kappa shape index (κ2) is 5.08. The Hall–Kier alpha value is -0.0400. The van der Waals surface area contributed by atoms with Crippen LogP contribution in [0.25, 0.3) is 0 Å². The molecule has 0 heterocycles. The molecule has 0 fully saturated rings. The first-order valence-corrected chi connectivity index (χ1v) is 9.72. The zero-order valence-corrected chi connectivity index (χ0v) is 11.6. The molecule has 0 radical (unpaired) electrons. The van der Waals surface area contributed by atoms with Crippen LogP contribution in [0, 0.1) is 0 Å². The van der Waals surface area contributed by atoms with Crippen molar-refractivity contribution >= 4 is 36.7 Å². The molecule has 16 heavy (non-hydrogen) atoms. The Morgan fingerprint density at radius 3 is 1.38 bits per heavy atom. The van der Waals surface area contributed by atoms with Gasteiger partial charge in [-0.15, -0.1) is 0 Å². The third-order valence-corrected chi connectivity index (χ3v) is 2.74. The van der Waals surface area contributed by atoms with E-state index in [-0.39, 0.29) is 0 Å². The van der Waals surface area contributed by atoms with Crippen LogP contribution in [-0.2, 0) is 23.6 Å². The zero-order valence-electron chi connectivity index (χ0n) is 8.15. The van der Waals surface area contributed by atoms with Gasteiger partial charge in [0.05, 0.1) is 0 Å². The molecule has 0 amide bonds. The number of nitrogens with two attached hydrogens (primary N) is 4. The van der Waals surface area contributed by atoms with E-state index in [2.05, 4.69) is 0 Å². The summed E-state index contributed by atoms with van der Waals surface area (Å²) in [5, 5.41) is 0. The van der Waals surface area contributed by atoms with Crippen molar-refractivity contribution < 1.29 is 9.05 Å². The van der Waals surface area contributed by atoms with Crippen LogP contribution in [0.5, 0.6) is 11.5 Å². The van der Waals surface area contributed by atoms with Crippen molar-refractivity contribution in [3.05, 3.63) is 24.3 Å². The lowest BCUT2D eigenvalue weighted by Gasteiger charge is -2.18. The maximum atomic E-state index is 5.45. The molecule has 0 saturated heterocycles.